The fraction of sp³-hybridized carbons (Fsp3) is 0.316. The molecule has 0 bridgehead atoms. The summed E-state index contributed by atoms with van der Waals surface area (Å²) in [5.41, 5.74) is 2.41. The van der Waals surface area contributed by atoms with E-state index in [-0.39, 0.29) is 29.9 Å². The molecule has 4 heteroatoms. The van der Waals surface area contributed by atoms with Gasteiger partial charge in [-0.2, -0.15) is 0 Å². The van der Waals surface area contributed by atoms with Gasteiger partial charge in [-0.15, -0.1) is 0 Å². The van der Waals surface area contributed by atoms with Gasteiger partial charge in [-0.25, -0.2) is 0 Å². The Morgan fingerprint density at radius 3 is 2.57 bits per heavy atom. The van der Waals surface area contributed by atoms with E-state index < -0.39 is 0 Å². The average Bonchev–Trinajstić information content (AvgIpc) is 2.55. The molecule has 0 aliphatic rings. The van der Waals surface area contributed by atoms with Gasteiger partial charge in [0.2, 0.25) is 0 Å². The molecule has 0 heterocycles. The molecule has 0 spiro atoms. The van der Waals surface area contributed by atoms with Crippen LogP contribution in [0.2, 0.25) is 0 Å². The van der Waals surface area contributed by atoms with Crippen molar-refractivity contribution in [1.82, 2.24) is 5.32 Å². The van der Waals surface area contributed by atoms with E-state index in [9.17, 15) is 9.90 Å². The first-order chi connectivity index (χ1) is 11.1. The van der Waals surface area contributed by atoms with Gasteiger partial charge in [0.05, 0.1) is 5.56 Å². The molecule has 2 rings (SSSR count). The molecule has 2 aromatic rings. The number of benzene rings is 2. The number of aliphatic hydroxyl groups is 1. The third kappa shape index (κ3) is 5.11. The second-order valence-electron chi connectivity index (χ2n) is 5.75. The second kappa shape index (κ2) is 8.34. The summed E-state index contributed by atoms with van der Waals surface area (Å²) in [6, 6.07) is 15.1. The molecule has 23 heavy (non-hydrogen) atoms. The van der Waals surface area contributed by atoms with E-state index in [1.54, 1.807) is 12.1 Å². The van der Waals surface area contributed by atoms with Crippen molar-refractivity contribution in [3.8, 4) is 5.75 Å². The van der Waals surface area contributed by atoms with E-state index in [0.29, 0.717) is 19.3 Å². The zero-order chi connectivity index (χ0) is 16.7. The van der Waals surface area contributed by atoms with Crippen molar-refractivity contribution in [1.29, 1.82) is 0 Å². The van der Waals surface area contributed by atoms with Gasteiger partial charge >= 0.3 is 0 Å². The topological polar surface area (TPSA) is 69.6 Å². The number of phenolic OH excluding ortho intramolecular Hbond substituents is 1. The van der Waals surface area contributed by atoms with Crippen LogP contribution in [0.5, 0.6) is 5.75 Å². The highest BCUT2D eigenvalue weighted by molar-refractivity contribution is 5.97. The molecule has 0 saturated heterocycles. The minimum Gasteiger partial charge on any atom is -0.507 e. The third-order valence-corrected chi connectivity index (χ3v) is 3.73. The van der Waals surface area contributed by atoms with Crippen LogP contribution in [0.1, 0.15) is 41.3 Å². The Balaban J connectivity index is 2.09. The number of amides is 1. The van der Waals surface area contributed by atoms with Crippen molar-refractivity contribution < 1.29 is 15.0 Å². The van der Waals surface area contributed by atoms with Crippen molar-refractivity contribution in [3.05, 3.63) is 65.2 Å². The summed E-state index contributed by atoms with van der Waals surface area (Å²) >= 11 is 0. The fourth-order valence-electron chi connectivity index (χ4n) is 2.48. The van der Waals surface area contributed by atoms with Crippen LogP contribution in [-0.4, -0.2) is 28.8 Å². The summed E-state index contributed by atoms with van der Waals surface area (Å²) < 4.78 is 0. The maximum Gasteiger partial charge on any atom is 0.255 e. The molecule has 4 nitrogen and oxygen atoms in total. The molecule has 0 aliphatic heterocycles. The number of hydrogen-bond acceptors (Lipinski definition) is 3. The van der Waals surface area contributed by atoms with Crippen LogP contribution in [0.15, 0.2) is 48.5 Å². The Labute approximate surface area is 136 Å². The number of rotatable bonds is 7. The molecule has 0 aliphatic carbocycles. The highest BCUT2D eigenvalue weighted by Gasteiger charge is 2.14. The predicted octanol–water partition coefficient (Wildman–Crippen LogP) is 2.87. The standard InChI is InChI=1S/C19H23NO3/c1-14(6-5-11-21)20-19(23)17-13-16(9-10-18(17)22)12-15-7-3-2-4-8-15/h2-4,7-10,13-14,21-22H,5-6,11-12H2,1H3,(H,20,23). The highest BCUT2D eigenvalue weighted by atomic mass is 16.3. The Kier molecular flexibility index (Phi) is 6.18. The largest absolute Gasteiger partial charge is 0.507 e. The zero-order valence-electron chi connectivity index (χ0n) is 13.3. The number of aliphatic hydroxyl groups excluding tert-OH is 1. The molecule has 0 radical (unpaired) electrons. The van der Waals surface area contributed by atoms with Crippen LogP contribution in [0.3, 0.4) is 0 Å². The Morgan fingerprint density at radius 1 is 1.13 bits per heavy atom. The lowest BCUT2D eigenvalue weighted by Crippen LogP contribution is -2.32. The summed E-state index contributed by atoms with van der Waals surface area (Å²) in [6.07, 6.45) is 2.05. The van der Waals surface area contributed by atoms with Gasteiger partial charge in [-0.1, -0.05) is 36.4 Å². The average molecular weight is 313 g/mol. The highest BCUT2D eigenvalue weighted by Crippen LogP contribution is 2.20. The lowest BCUT2D eigenvalue weighted by Gasteiger charge is -2.14. The number of hydrogen-bond donors (Lipinski definition) is 3. The van der Waals surface area contributed by atoms with Crippen molar-refractivity contribution in [3.63, 3.8) is 0 Å². The molecule has 122 valence electrons. The first-order valence-corrected chi connectivity index (χ1v) is 7.87. The maximum absolute atomic E-state index is 12.3. The second-order valence-corrected chi connectivity index (χ2v) is 5.75. The smallest absolute Gasteiger partial charge is 0.255 e. The Hall–Kier alpha value is -2.33. The van der Waals surface area contributed by atoms with E-state index in [1.165, 1.54) is 0 Å². The van der Waals surface area contributed by atoms with E-state index in [0.717, 1.165) is 11.1 Å². The van der Waals surface area contributed by atoms with Gasteiger partial charge in [0.25, 0.3) is 5.91 Å². The first-order valence-electron chi connectivity index (χ1n) is 7.87. The lowest BCUT2D eigenvalue weighted by atomic mass is 10.0. The van der Waals surface area contributed by atoms with E-state index in [2.05, 4.69) is 5.32 Å². The molecule has 1 amide bonds. The normalized spacial score (nSPS) is 11.9. The molecule has 0 fully saturated rings. The first kappa shape index (κ1) is 17.0. The van der Waals surface area contributed by atoms with E-state index in [1.807, 2.05) is 43.3 Å². The molecule has 3 N–H and O–H groups in total. The molecule has 0 aromatic heterocycles. The summed E-state index contributed by atoms with van der Waals surface area (Å²) in [4.78, 5) is 12.3. The van der Waals surface area contributed by atoms with Gasteiger partial charge < -0.3 is 15.5 Å². The maximum atomic E-state index is 12.3. The van der Waals surface area contributed by atoms with Crippen LogP contribution >= 0.6 is 0 Å². The molecular formula is C19H23NO3. The quantitative estimate of drug-likeness (QED) is 0.736. The number of carbonyl (C=O) groups is 1. The molecule has 1 unspecified atom stereocenters. The SMILES string of the molecule is CC(CCCO)NC(=O)c1cc(Cc2ccccc2)ccc1O. The van der Waals surface area contributed by atoms with Gasteiger partial charge in [0.1, 0.15) is 5.75 Å². The summed E-state index contributed by atoms with van der Waals surface area (Å²) in [6.45, 7) is 2.00. The predicted molar refractivity (Wildman–Crippen MR) is 90.6 cm³/mol. The van der Waals surface area contributed by atoms with E-state index in [4.69, 9.17) is 5.11 Å². The number of carbonyl (C=O) groups excluding carboxylic acids is 1. The van der Waals surface area contributed by atoms with E-state index >= 15 is 0 Å². The van der Waals surface area contributed by atoms with Crippen LogP contribution in [-0.2, 0) is 6.42 Å². The summed E-state index contributed by atoms with van der Waals surface area (Å²) in [5.74, 6) is -0.309. The molecule has 2 aromatic carbocycles. The number of nitrogens with one attached hydrogen (secondary N) is 1. The lowest BCUT2D eigenvalue weighted by molar-refractivity contribution is 0.0933. The summed E-state index contributed by atoms with van der Waals surface area (Å²) in [7, 11) is 0. The fourth-order valence-corrected chi connectivity index (χ4v) is 2.48. The Bertz CT molecular complexity index is 640. The van der Waals surface area contributed by atoms with Gasteiger partial charge in [-0.05, 0) is 49.4 Å². The van der Waals surface area contributed by atoms with Crippen LogP contribution in [0, 0.1) is 0 Å². The molecule has 1 atom stereocenters. The van der Waals surface area contributed by atoms with Gasteiger partial charge in [0, 0.05) is 12.6 Å². The minimum atomic E-state index is -0.289. The van der Waals surface area contributed by atoms with Crippen LogP contribution < -0.4 is 5.32 Å². The zero-order valence-corrected chi connectivity index (χ0v) is 13.3. The van der Waals surface area contributed by atoms with Crippen molar-refractivity contribution in [2.75, 3.05) is 6.61 Å². The molecule has 0 saturated carbocycles. The van der Waals surface area contributed by atoms with Crippen molar-refractivity contribution in [2.45, 2.75) is 32.2 Å². The van der Waals surface area contributed by atoms with Crippen LogP contribution in [0.25, 0.3) is 0 Å². The Morgan fingerprint density at radius 2 is 1.87 bits per heavy atom. The van der Waals surface area contributed by atoms with Gasteiger partial charge in [0.15, 0.2) is 0 Å². The number of phenols is 1. The van der Waals surface area contributed by atoms with Crippen molar-refractivity contribution >= 4 is 5.91 Å². The monoisotopic (exact) mass is 313 g/mol. The van der Waals surface area contributed by atoms with Gasteiger partial charge in [-0.3, -0.25) is 4.79 Å². The van der Waals surface area contributed by atoms with Crippen LogP contribution in [0.4, 0.5) is 0 Å². The molecular weight excluding hydrogens is 290 g/mol. The number of aromatic hydroxyl groups is 1. The minimum absolute atomic E-state index is 0.0198. The third-order valence-electron chi connectivity index (χ3n) is 3.73. The van der Waals surface area contributed by atoms with Crippen molar-refractivity contribution in [2.24, 2.45) is 0 Å². The summed E-state index contributed by atoms with van der Waals surface area (Å²) in [5, 5.41) is 21.6.